The summed E-state index contributed by atoms with van der Waals surface area (Å²) in [4.78, 5) is 20.1. The van der Waals surface area contributed by atoms with Crippen LogP contribution in [0, 0.1) is 10.1 Å². The Labute approximate surface area is 146 Å². The quantitative estimate of drug-likeness (QED) is 0.618. The maximum Gasteiger partial charge on any atom is 0.369 e. The summed E-state index contributed by atoms with van der Waals surface area (Å²) in [5.74, 6) is 0.426. The first kappa shape index (κ1) is 17.4. The highest BCUT2D eigenvalue weighted by atomic mass is 32.1. The van der Waals surface area contributed by atoms with Gasteiger partial charge in [0, 0.05) is 12.1 Å². The minimum Gasteiger partial charge on any atom is -0.361 e. The van der Waals surface area contributed by atoms with Crippen molar-refractivity contribution < 1.29 is 4.92 Å². The van der Waals surface area contributed by atoms with E-state index in [0.717, 1.165) is 63.2 Å². The van der Waals surface area contributed by atoms with Crippen LogP contribution in [0.4, 0.5) is 16.0 Å². The predicted molar refractivity (Wildman–Crippen MR) is 97.1 cm³/mol. The van der Waals surface area contributed by atoms with Crippen molar-refractivity contribution in [1.29, 1.82) is 0 Å². The summed E-state index contributed by atoms with van der Waals surface area (Å²) >= 11 is 1.14. The number of hydrogen-bond donors (Lipinski definition) is 2. The Bertz CT molecular complexity index is 564. The summed E-state index contributed by atoms with van der Waals surface area (Å²) in [6.07, 6.45) is 4.06. The smallest absolute Gasteiger partial charge is 0.361 e. The summed E-state index contributed by atoms with van der Waals surface area (Å²) in [5, 5.41) is 18.8. The summed E-state index contributed by atoms with van der Waals surface area (Å²) in [5.41, 5.74) is 0. The van der Waals surface area contributed by atoms with Crippen molar-refractivity contribution in [3.05, 3.63) is 10.1 Å². The third-order valence-electron chi connectivity index (χ3n) is 4.88. The predicted octanol–water partition coefficient (Wildman–Crippen LogP) is 2.06. The average molecular weight is 354 g/mol. The lowest BCUT2D eigenvalue weighted by Crippen LogP contribution is -2.37. The van der Waals surface area contributed by atoms with Crippen molar-refractivity contribution in [2.75, 3.05) is 50.9 Å². The molecule has 0 saturated carbocycles. The first-order chi connectivity index (χ1) is 11.5. The largest absolute Gasteiger partial charge is 0.369 e. The molecule has 3 heterocycles. The number of aromatic nitrogens is 1. The van der Waals surface area contributed by atoms with Gasteiger partial charge in [-0.1, -0.05) is 0 Å². The Morgan fingerprint density at radius 2 is 1.54 bits per heavy atom. The van der Waals surface area contributed by atoms with Crippen LogP contribution in [0.15, 0.2) is 0 Å². The second kappa shape index (κ2) is 7.62. The van der Waals surface area contributed by atoms with E-state index in [1.54, 1.807) is 0 Å². The van der Waals surface area contributed by atoms with Gasteiger partial charge >= 0.3 is 5.00 Å². The van der Waals surface area contributed by atoms with E-state index in [4.69, 9.17) is 0 Å². The van der Waals surface area contributed by atoms with Crippen LogP contribution in [0.3, 0.4) is 0 Å². The number of thiazole rings is 1. The van der Waals surface area contributed by atoms with E-state index >= 15 is 0 Å². The highest BCUT2D eigenvalue weighted by Gasteiger charge is 2.27. The van der Waals surface area contributed by atoms with Gasteiger partial charge in [0.2, 0.25) is 5.82 Å². The molecule has 1 aromatic rings. The minimum absolute atomic E-state index is 0.115. The van der Waals surface area contributed by atoms with Crippen molar-refractivity contribution in [3.8, 4) is 0 Å². The number of hydrogen-bond acceptors (Lipinski definition) is 8. The zero-order valence-electron chi connectivity index (χ0n) is 14.3. The fraction of sp³-hybridized carbons (Fsp3) is 0.800. The molecule has 0 radical (unpaired) electrons. The maximum absolute atomic E-state index is 11.4. The first-order valence-corrected chi connectivity index (χ1v) is 9.38. The van der Waals surface area contributed by atoms with Crippen molar-refractivity contribution in [2.45, 2.75) is 37.8 Å². The van der Waals surface area contributed by atoms with E-state index in [-0.39, 0.29) is 16.0 Å². The molecule has 24 heavy (non-hydrogen) atoms. The molecule has 3 rings (SSSR count). The van der Waals surface area contributed by atoms with E-state index in [2.05, 4.69) is 39.5 Å². The number of anilines is 2. The third kappa shape index (κ3) is 4.34. The molecule has 1 aromatic heterocycles. The van der Waals surface area contributed by atoms with Crippen LogP contribution >= 0.6 is 11.3 Å². The molecule has 0 unspecified atom stereocenters. The Kier molecular flexibility index (Phi) is 5.52. The van der Waals surface area contributed by atoms with E-state index in [1.807, 2.05) is 0 Å². The number of piperidine rings is 2. The van der Waals surface area contributed by atoms with E-state index < -0.39 is 0 Å². The van der Waals surface area contributed by atoms with E-state index in [0.29, 0.717) is 17.0 Å². The summed E-state index contributed by atoms with van der Waals surface area (Å²) < 4.78 is 0. The van der Waals surface area contributed by atoms with E-state index in [9.17, 15) is 10.1 Å². The number of nitrogens with zero attached hydrogens (tertiary/aromatic N) is 4. The van der Waals surface area contributed by atoms with Crippen LogP contribution in [0.2, 0.25) is 0 Å². The molecule has 2 saturated heterocycles. The van der Waals surface area contributed by atoms with Crippen LogP contribution in [0.1, 0.15) is 25.7 Å². The highest BCUT2D eigenvalue weighted by Crippen LogP contribution is 2.36. The molecule has 0 aliphatic carbocycles. The fourth-order valence-corrected chi connectivity index (χ4v) is 4.09. The summed E-state index contributed by atoms with van der Waals surface area (Å²) in [7, 11) is 4.22. The SMILES string of the molecule is CN1CCC(Nc2nc(NC3CCN(C)CC3)c([N+](=O)[O-])s2)CC1. The second-order valence-electron chi connectivity index (χ2n) is 6.87. The maximum atomic E-state index is 11.4. The molecule has 0 spiro atoms. The van der Waals surface area contributed by atoms with Crippen LogP contribution in [0.5, 0.6) is 0 Å². The number of rotatable bonds is 5. The van der Waals surface area contributed by atoms with Gasteiger partial charge in [-0.2, -0.15) is 4.98 Å². The lowest BCUT2D eigenvalue weighted by atomic mass is 10.1. The van der Waals surface area contributed by atoms with Crippen molar-refractivity contribution in [3.63, 3.8) is 0 Å². The van der Waals surface area contributed by atoms with Gasteiger partial charge in [0.25, 0.3) is 0 Å². The second-order valence-corrected chi connectivity index (χ2v) is 7.85. The third-order valence-corrected chi connectivity index (χ3v) is 5.82. The molecule has 2 aliphatic heterocycles. The zero-order valence-corrected chi connectivity index (χ0v) is 15.1. The Balaban J connectivity index is 1.65. The molecule has 0 bridgehead atoms. The van der Waals surface area contributed by atoms with Gasteiger partial charge in [0.1, 0.15) is 0 Å². The monoisotopic (exact) mass is 354 g/mol. The van der Waals surface area contributed by atoms with Gasteiger partial charge in [-0.15, -0.1) is 0 Å². The molecule has 2 N–H and O–H groups in total. The summed E-state index contributed by atoms with van der Waals surface area (Å²) in [6.45, 7) is 4.12. The van der Waals surface area contributed by atoms with Crippen molar-refractivity contribution in [2.24, 2.45) is 0 Å². The van der Waals surface area contributed by atoms with Gasteiger partial charge in [-0.3, -0.25) is 10.1 Å². The number of nitrogens with one attached hydrogen (secondary N) is 2. The molecule has 134 valence electrons. The van der Waals surface area contributed by atoms with Crippen LogP contribution in [0.25, 0.3) is 0 Å². The number of likely N-dealkylation sites (tertiary alicyclic amines) is 2. The molecule has 0 amide bonds. The standard InChI is InChI=1S/C15H26N6O2S/c1-19-7-3-11(4-8-19)16-13-14(21(22)23)24-15(18-13)17-12-5-9-20(2)10-6-12/h11-12,16H,3-10H2,1-2H3,(H,17,18). The van der Waals surface area contributed by atoms with Gasteiger partial charge in [0.05, 0.1) is 4.92 Å². The molecular weight excluding hydrogens is 328 g/mol. The Hall–Kier alpha value is -1.45. The molecule has 9 heteroatoms. The van der Waals surface area contributed by atoms with Gasteiger partial charge in [0.15, 0.2) is 5.13 Å². The molecular formula is C15H26N6O2S. The normalized spacial score (nSPS) is 21.8. The van der Waals surface area contributed by atoms with Crippen LogP contribution < -0.4 is 10.6 Å². The molecule has 0 atom stereocenters. The molecule has 2 aliphatic rings. The highest BCUT2D eigenvalue weighted by molar-refractivity contribution is 7.19. The zero-order chi connectivity index (χ0) is 17.1. The lowest BCUT2D eigenvalue weighted by molar-refractivity contribution is -0.379. The van der Waals surface area contributed by atoms with Gasteiger partial charge in [-0.25, -0.2) is 0 Å². The molecule has 0 aromatic carbocycles. The van der Waals surface area contributed by atoms with Crippen molar-refractivity contribution in [1.82, 2.24) is 14.8 Å². The fourth-order valence-electron chi connectivity index (χ4n) is 3.27. The van der Waals surface area contributed by atoms with Gasteiger partial charge < -0.3 is 20.4 Å². The van der Waals surface area contributed by atoms with E-state index in [1.165, 1.54) is 0 Å². The Morgan fingerprint density at radius 3 is 2.04 bits per heavy atom. The first-order valence-electron chi connectivity index (χ1n) is 8.56. The number of nitro groups is 1. The van der Waals surface area contributed by atoms with Crippen LogP contribution in [-0.4, -0.2) is 72.1 Å². The summed E-state index contributed by atoms with van der Waals surface area (Å²) in [6, 6.07) is 0.612. The molecule has 2 fully saturated rings. The molecule has 8 nitrogen and oxygen atoms in total. The minimum atomic E-state index is -0.325. The van der Waals surface area contributed by atoms with Gasteiger partial charge in [-0.05, 0) is 77.3 Å². The average Bonchev–Trinajstić information content (AvgIpc) is 2.94. The lowest BCUT2D eigenvalue weighted by Gasteiger charge is -2.29. The van der Waals surface area contributed by atoms with Crippen LogP contribution in [-0.2, 0) is 0 Å². The van der Waals surface area contributed by atoms with Crippen molar-refractivity contribution >= 4 is 27.3 Å². The topological polar surface area (TPSA) is 86.6 Å². The Morgan fingerprint density at radius 1 is 1.04 bits per heavy atom.